The van der Waals surface area contributed by atoms with Gasteiger partial charge in [0, 0.05) is 6.92 Å². The van der Waals surface area contributed by atoms with Gasteiger partial charge in [-0.15, -0.1) is 5.10 Å². The molecule has 0 radical (unpaired) electrons. The van der Waals surface area contributed by atoms with Crippen LogP contribution in [0.15, 0.2) is 18.2 Å². The zero-order chi connectivity index (χ0) is 16.3. The molecule has 0 fully saturated rings. The molecule has 1 aromatic heterocycles. The van der Waals surface area contributed by atoms with Gasteiger partial charge in [0.2, 0.25) is 5.91 Å². The lowest BCUT2D eigenvalue weighted by atomic mass is 10.2. The van der Waals surface area contributed by atoms with Crippen molar-refractivity contribution in [2.24, 2.45) is 0 Å². The highest BCUT2D eigenvalue weighted by Gasteiger charge is 2.15. The van der Waals surface area contributed by atoms with Crippen LogP contribution in [0.1, 0.15) is 28.7 Å². The molecule has 22 heavy (non-hydrogen) atoms. The minimum absolute atomic E-state index is 0.0246. The van der Waals surface area contributed by atoms with Crippen molar-refractivity contribution in [2.45, 2.75) is 27.3 Å². The zero-order valence-corrected chi connectivity index (χ0v) is 13.0. The number of nitrogens with zero attached hydrogens (tertiary/aromatic N) is 3. The third kappa shape index (κ3) is 3.30. The summed E-state index contributed by atoms with van der Waals surface area (Å²) in [4.78, 5) is 23.5. The van der Waals surface area contributed by atoms with Crippen molar-refractivity contribution in [3.63, 3.8) is 0 Å². The minimum Gasteiger partial charge on any atom is -0.495 e. The van der Waals surface area contributed by atoms with Crippen molar-refractivity contribution in [1.82, 2.24) is 15.0 Å². The number of anilines is 1. The lowest BCUT2D eigenvalue weighted by molar-refractivity contribution is -0.117. The fraction of sp³-hybridized carbons (Fsp3) is 0.333. The van der Waals surface area contributed by atoms with Crippen molar-refractivity contribution in [1.29, 1.82) is 0 Å². The highest BCUT2D eigenvalue weighted by molar-refractivity contribution is 5.94. The summed E-state index contributed by atoms with van der Waals surface area (Å²) in [6, 6.07) is 5.51. The van der Waals surface area contributed by atoms with Crippen LogP contribution in [-0.2, 0) is 11.3 Å². The van der Waals surface area contributed by atoms with E-state index >= 15 is 0 Å². The largest absolute Gasteiger partial charge is 0.495 e. The van der Waals surface area contributed by atoms with E-state index in [1.807, 2.05) is 19.1 Å². The summed E-state index contributed by atoms with van der Waals surface area (Å²) in [6.07, 6.45) is 0. The van der Waals surface area contributed by atoms with E-state index in [-0.39, 0.29) is 23.9 Å². The summed E-state index contributed by atoms with van der Waals surface area (Å²) < 4.78 is 6.61. The minimum atomic E-state index is -0.271. The van der Waals surface area contributed by atoms with Crippen molar-refractivity contribution >= 4 is 17.4 Å². The Labute approximate surface area is 128 Å². The van der Waals surface area contributed by atoms with E-state index < -0.39 is 0 Å². The number of benzene rings is 1. The van der Waals surface area contributed by atoms with Gasteiger partial charge in [0.25, 0.3) is 0 Å². The van der Waals surface area contributed by atoms with Crippen LogP contribution in [0.3, 0.4) is 0 Å². The summed E-state index contributed by atoms with van der Waals surface area (Å²) in [5.74, 6) is 0.134. The fourth-order valence-electron chi connectivity index (χ4n) is 2.08. The van der Waals surface area contributed by atoms with Crippen LogP contribution in [-0.4, -0.2) is 33.8 Å². The van der Waals surface area contributed by atoms with Gasteiger partial charge < -0.3 is 10.1 Å². The molecule has 0 saturated heterocycles. The quantitative estimate of drug-likeness (QED) is 0.850. The Hall–Kier alpha value is -2.70. The highest BCUT2D eigenvalue weighted by atomic mass is 16.5. The average molecular weight is 302 g/mol. The fourth-order valence-corrected chi connectivity index (χ4v) is 2.08. The Morgan fingerprint density at radius 2 is 2.05 bits per heavy atom. The van der Waals surface area contributed by atoms with Crippen LogP contribution in [0.2, 0.25) is 0 Å². The second-order valence-electron chi connectivity index (χ2n) is 4.99. The molecule has 0 aliphatic rings. The topological polar surface area (TPSA) is 86.1 Å². The predicted octanol–water partition coefficient (Wildman–Crippen LogP) is 1.74. The standard InChI is InChI=1S/C15H18N4O3/c1-9-5-6-13(22-4)12(7-9)16-14(21)8-19-10(2)15(11(3)20)17-18-19/h5-7H,8H2,1-4H3,(H,16,21). The van der Waals surface area contributed by atoms with Crippen LogP contribution < -0.4 is 10.1 Å². The molecule has 1 heterocycles. The third-order valence-corrected chi connectivity index (χ3v) is 3.24. The molecule has 0 aliphatic heterocycles. The molecular weight excluding hydrogens is 284 g/mol. The summed E-state index contributed by atoms with van der Waals surface area (Å²) in [5, 5.41) is 10.4. The number of rotatable bonds is 5. The summed E-state index contributed by atoms with van der Waals surface area (Å²) in [6.45, 7) is 5.02. The average Bonchev–Trinajstić information content (AvgIpc) is 2.80. The van der Waals surface area contributed by atoms with E-state index in [1.165, 1.54) is 11.6 Å². The molecule has 7 heteroatoms. The highest BCUT2D eigenvalue weighted by Crippen LogP contribution is 2.25. The number of ether oxygens (including phenoxy) is 1. The van der Waals surface area contributed by atoms with Crippen molar-refractivity contribution < 1.29 is 14.3 Å². The van der Waals surface area contributed by atoms with E-state index in [0.29, 0.717) is 17.1 Å². The van der Waals surface area contributed by atoms with Gasteiger partial charge in [-0.3, -0.25) is 9.59 Å². The second kappa shape index (κ2) is 6.38. The maximum atomic E-state index is 12.2. The van der Waals surface area contributed by atoms with Crippen LogP contribution >= 0.6 is 0 Å². The van der Waals surface area contributed by atoms with Gasteiger partial charge in [0.05, 0.1) is 18.5 Å². The maximum Gasteiger partial charge on any atom is 0.246 e. The maximum absolute atomic E-state index is 12.2. The summed E-state index contributed by atoms with van der Waals surface area (Å²) in [7, 11) is 1.54. The third-order valence-electron chi connectivity index (χ3n) is 3.24. The van der Waals surface area contributed by atoms with Crippen molar-refractivity contribution in [3.05, 3.63) is 35.2 Å². The molecule has 2 aromatic rings. The van der Waals surface area contributed by atoms with Crippen LogP contribution in [0.4, 0.5) is 5.69 Å². The van der Waals surface area contributed by atoms with Gasteiger partial charge in [-0.05, 0) is 31.5 Å². The Balaban J connectivity index is 2.14. The van der Waals surface area contributed by atoms with Gasteiger partial charge >= 0.3 is 0 Å². The van der Waals surface area contributed by atoms with E-state index in [0.717, 1.165) is 5.56 Å². The molecule has 0 saturated carbocycles. The Kier molecular flexibility index (Phi) is 4.55. The van der Waals surface area contributed by atoms with Crippen LogP contribution in [0, 0.1) is 13.8 Å². The molecule has 0 bridgehead atoms. The number of amides is 1. The number of Topliss-reactive ketones (excluding diaryl/α,β-unsaturated/α-hetero) is 1. The summed E-state index contributed by atoms with van der Waals surface area (Å²) in [5.41, 5.74) is 2.45. The number of methoxy groups -OCH3 is 1. The van der Waals surface area contributed by atoms with Gasteiger partial charge in [-0.2, -0.15) is 0 Å². The molecule has 1 amide bonds. The normalized spacial score (nSPS) is 10.4. The van der Waals surface area contributed by atoms with Crippen molar-refractivity contribution in [2.75, 3.05) is 12.4 Å². The summed E-state index contributed by atoms with van der Waals surface area (Å²) >= 11 is 0. The molecule has 1 aromatic carbocycles. The Morgan fingerprint density at radius 1 is 1.32 bits per heavy atom. The first-order valence-electron chi connectivity index (χ1n) is 6.78. The van der Waals surface area contributed by atoms with E-state index in [9.17, 15) is 9.59 Å². The first-order valence-corrected chi connectivity index (χ1v) is 6.78. The Morgan fingerprint density at radius 3 is 2.64 bits per heavy atom. The molecule has 1 N–H and O–H groups in total. The van der Waals surface area contributed by atoms with Gasteiger partial charge in [-0.25, -0.2) is 4.68 Å². The number of carbonyl (C=O) groups is 2. The van der Waals surface area contributed by atoms with Gasteiger partial charge in [0.15, 0.2) is 11.5 Å². The number of hydrogen-bond acceptors (Lipinski definition) is 5. The molecule has 0 unspecified atom stereocenters. The zero-order valence-electron chi connectivity index (χ0n) is 13.0. The Bertz CT molecular complexity index is 722. The number of aryl methyl sites for hydroxylation is 1. The number of hydrogen-bond donors (Lipinski definition) is 1. The molecule has 116 valence electrons. The number of ketones is 1. The lowest BCUT2D eigenvalue weighted by Gasteiger charge is -2.11. The van der Waals surface area contributed by atoms with E-state index in [4.69, 9.17) is 4.74 Å². The molecule has 7 nitrogen and oxygen atoms in total. The second-order valence-corrected chi connectivity index (χ2v) is 4.99. The van der Waals surface area contributed by atoms with Gasteiger partial charge in [-0.1, -0.05) is 11.3 Å². The van der Waals surface area contributed by atoms with Crippen molar-refractivity contribution in [3.8, 4) is 5.75 Å². The number of aromatic nitrogens is 3. The molecule has 0 spiro atoms. The lowest BCUT2D eigenvalue weighted by Crippen LogP contribution is -2.21. The van der Waals surface area contributed by atoms with Crippen LogP contribution in [0.5, 0.6) is 5.75 Å². The number of nitrogens with one attached hydrogen (secondary N) is 1. The van der Waals surface area contributed by atoms with Gasteiger partial charge in [0.1, 0.15) is 12.3 Å². The van der Waals surface area contributed by atoms with Crippen LogP contribution in [0.25, 0.3) is 0 Å². The first kappa shape index (κ1) is 15.7. The molecule has 0 aliphatic carbocycles. The molecule has 0 atom stereocenters. The SMILES string of the molecule is COc1ccc(C)cc1NC(=O)Cn1nnc(C(C)=O)c1C. The number of carbonyl (C=O) groups excluding carboxylic acids is 2. The van der Waals surface area contributed by atoms with E-state index in [1.54, 1.807) is 20.1 Å². The first-order chi connectivity index (χ1) is 10.4. The predicted molar refractivity (Wildman–Crippen MR) is 81.1 cm³/mol. The molecule has 2 rings (SSSR count). The van der Waals surface area contributed by atoms with E-state index in [2.05, 4.69) is 15.6 Å². The smallest absolute Gasteiger partial charge is 0.246 e. The monoisotopic (exact) mass is 302 g/mol. The molecular formula is C15H18N4O3.